The molecule has 1 nitrogen and oxygen atoms in total. The van der Waals surface area contributed by atoms with E-state index in [4.69, 9.17) is 0 Å². The molecule has 0 saturated heterocycles. The van der Waals surface area contributed by atoms with E-state index in [1.165, 1.54) is 48.8 Å². The normalized spacial score (nSPS) is 14.8. The third kappa shape index (κ3) is 3.53. The predicted molar refractivity (Wildman–Crippen MR) is 101 cm³/mol. The third-order valence-electron chi connectivity index (χ3n) is 4.72. The molecule has 0 amide bonds. The van der Waals surface area contributed by atoms with Gasteiger partial charge in [0, 0.05) is 4.47 Å². The van der Waals surface area contributed by atoms with Crippen molar-refractivity contribution < 1.29 is 5.11 Å². The molecular weight excluding hydrogens is 348 g/mol. The summed E-state index contributed by atoms with van der Waals surface area (Å²) in [5.41, 5.74) is 7.33. The van der Waals surface area contributed by atoms with Crippen molar-refractivity contribution in [2.45, 2.75) is 46.0 Å². The Balaban J connectivity index is 2.18. The van der Waals surface area contributed by atoms with E-state index in [0.717, 1.165) is 15.6 Å². The first kappa shape index (κ1) is 16.3. The maximum Gasteiger partial charge on any atom is 0.121 e. The van der Waals surface area contributed by atoms with Gasteiger partial charge in [-0.05, 0) is 91.6 Å². The van der Waals surface area contributed by atoms with Gasteiger partial charge < -0.3 is 5.11 Å². The number of aryl methyl sites for hydroxylation is 2. The quantitative estimate of drug-likeness (QED) is 0.636. The molecule has 0 heterocycles. The maximum atomic E-state index is 10.1. The van der Waals surface area contributed by atoms with Crippen LogP contribution in [0.25, 0.3) is 5.57 Å². The van der Waals surface area contributed by atoms with Crippen LogP contribution in [0.1, 0.15) is 54.4 Å². The summed E-state index contributed by atoms with van der Waals surface area (Å²) in [5.74, 6) is 0.414. The van der Waals surface area contributed by atoms with Crippen molar-refractivity contribution in [1.82, 2.24) is 0 Å². The minimum absolute atomic E-state index is 0.414. The molecule has 1 N–H and O–H groups in total. The van der Waals surface area contributed by atoms with Crippen LogP contribution in [0, 0.1) is 13.8 Å². The number of halogens is 1. The average molecular weight is 371 g/mol. The topological polar surface area (TPSA) is 20.2 Å². The molecule has 0 radical (unpaired) electrons. The standard InChI is InChI=1S/C21H23BrO/c1-14-12-18(13-15(2)21(14)23)20(16-6-4-3-5-7-16)17-8-10-19(22)11-9-17/h8-13,23H,3-7H2,1-2H3. The highest BCUT2D eigenvalue weighted by Crippen LogP contribution is 2.37. The summed E-state index contributed by atoms with van der Waals surface area (Å²) in [6, 6.07) is 12.9. The second kappa shape index (κ2) is 6.92. The molecule has 1 aliphatic rings. The summed E-state index contributed by atoms with van der Waals surface area (Å²) >= 11 is 3.53. The Morgan fingerprint density at radius 3 is 2.00 bits per heavy atom. The molecule has 23 heavy (non-hydrogen) atoms. The molecular formula is C21H23BrO. The molecule has 1 fully saturated rings. The number of phenols is 1. The van der Waals surface area contributed by atoms with E-state index < -0.39 is 0 Å². The van der Waals surface area contributed by atoms with Crippen LogP contribution in [-0.2, 0) is 0 Å². The second-order valence-electron chi connectivity index (χ2n) is 6.50. The lowest BCUT2D eigenvalue weighted by molar-refractivity contribution is 0.467. The van der Waals surface area contributed by atoms with Gasteiger partial charge in [0.15, 0.2) is 0 Å². The van der Waals surface area contributed by atoms with Gasteiger partial charge >= 0.3 is 0 Å². The van der Waals surface area contributed by atoms with Crippen LogP contribution in [0.4, 0.5) is 0 Å². The first-order valence-corrected chi connectivity index (χ1v) is 9.14. The van der Waals surface area contributed by atoms with E-state index in [1.54, 1.807) is 5.57 Å². The Kier molecular flexibility index (Phi) is 4.91. The molecule has 3 rings (SSSR count). The fourth-order valence-electron chi connectivity index (χ4n) is 3.52. The van der Waals surface area contributed by atoms with Gasteiger partial charge in [-0.2, -0.15) is 0 Å². The molecule has 0 spiro atoms. The number of rotatable bonds is 2. The molecule has 0 aromatic heterocycles. The predicted octanol–water partition coefficient (Wildman–Crippen LogP) is 6.54. The van der Waals surface area contributed by atoms with Gasteiger partial charge in [0.1, 0.15) is 5.75 Å². The number of benzene rings is 2. The summed E-state index contributed by atoms with van der Waals surface area (Å²) in [5, 5.41) is 10.1. The van der Waals surface area contributed by atoms with Crippen LogP contribution in [0.2, 0.25) is 0 Å². The number of hydrogen-bond donors (Lipinski definition) is 1. The van der Waals surface area contributed by atoms with Crippen LogP contribution >= 0.6 is 15.9 Å². The molecule has 0 aliphatic heterocycles. The number of phenolic OH excluding ortho intramolecular Hbond substituents is 1. The zero-order valence-electron chi connectivity index (χ0n) is 13.8. The van der Waals surface area contributed by atoms with Crippen molar-refractivity contribution in [3.8, 4) is 5.75 Å². The first-order valence-electron chi connectivity index (χ1n) is 8.35. The molecule has 1 saturated carbocycles. The number of hydrogen-bond acceptors (Lipinski definition) is 1. The lowest BCUT2D eigenvalue weighted by atomic mass is 9.84. The van der Waals surface area contributed by atoms with Gasteiger partial charge in [0.05, 0.1) is 0 Å². The molecule has 0 unspecified atom stereocenters. The van der Waals surface area contributed by atoms with Crippen molar-refractivity contribution in [2.75, 3.05) is 0 Å². The van der Waals surface area contributed by atoms with E-state index in [9.17, 15) is 5.11 Å². The second-order valence-corrected chi connectivity index (χ2v) is 7.42. The van der Waals surface area contributed by atoms with Gasteiger partial charge in [-0.15, -0.1) is 0 Å². The van der Waals surface area contributed by atoms with E-state index in [1.807, 2.05) is 13.8 Å². The van der Waals surface area contributed by atoms with Crippen molar-refractivity contribution in [2.24, 2.45) is 0 Å². The van der Waals surface area contributed by atoms with Crippen LogP contribution in [0.15, 0.2) is 46.4 Å². The third-order valence-corrected chi connectivity index (χ3v) is 5.25. The molecule has 2 aromatic rings. The zero-order valence-corrected chi connectivity index (χ0v) is 15.4. The monoisotopic (exact) mass is 370 g/mol. The summed E-state index contributed by atoms with van der Waals surface area (Å²) in [7, 11) is 0. The highest BCUT2D eigenvalue weighted by atomic mass is 79.9. The van der Waals surface area contributed by atoms with Gasteiger partial charge in [-0.3, -0.25) is 0 Å². The molecule has 0 atom stereocenters. The summed E-state index contributed by atoms with van der Waals surface area (Å²) < 4.78 is 1.10. The molecule has 2 aromatic carbocycles. The van der Waals surface area contributed by atoms with E-state index >= 15 is 0 Å². The van der Waals surface area contributed by atoms with E-state index in [2.05, 4.69) is 52.3 Å². The van der Waals surface area contributed by atoms with Crippen LogP contribution in [-0.4, -0.2) is 5.11 Å². The van der Waals surface area contributed by atoms with Crippen LogP contribution < -0.4 is 0 Å². The Hall–Kier alpha value is -1.54. The fraction of sp³-hybridized carbons (Fsp3) is 0.333. The smallest absolute Gasteiger partial charge is 0.121 e. The number of aromatic hydroxyl groups is 1. The van der Waals surface area contributed by atoms with Crippen LogP contribution in [0.5, 0.6) is 5.75 Å². The Labute approximate surface area is 147 Å². The first-order chi connectivity index (χ1) is 11.1. The fourth-order valence-corrected chi connectivity index (χ4v) is 3.78. The largest absolute Gasteiger partial charge is 0.507 e. The minimum Gasteiger partial charge on any atom is -0.507 e. The zero-order chi connectivity index (χ0) is 16.4. The Morgan fingerprint density at radius 2 is 1.43 bits per heavy atom. The Bertz CT molecular complexity index is 710. The average Bonchev–Trinajstić information content (AvgIpc) is 2.55. The summed E-state index contributed by atoms with van der Waals surface area (Å²) in [6.07, 6.45) is 6.27. The van der Waals surface area contributed by atoms with Crippen molar-refractivity contribution in [1.29, 1.82) is 0 Å². The summed E-state index contributed by atoms with van der Waals surface area (Å²) in [4.78, 5) is 0. The highest BCUT2D eigenvalue weighted by Gasteiger charge is 2.16. The molecule has 1 aliphatic carbocycles. The van der Waals surface area contributed by atoms with Crippen LogP contribution in [0.3, 0.4) is 0 Å². The SMILES string of the molecule is Cc1cc(C(=C2CCCCC2)c2ccc(Br)cc2)cc(C)c1O. The van der Waals surface area contributed by atoms with Gasteiger partial charge in [-0.25, -0.2) is 0 Å². The maximum absolute atomic E-state index is 10.1. The van der Waals surface area contributed by atoms with Gasteiger partial charge in [0.2, 0.25) is 0 Å². The van der Waals surface area contributed by atoms with Crippen molar-refractivity contribution in [3.63, 3.8) is 0 Å². The number of allylic oxidation sites excluding steroid dienone is 1. The van der Waals surface area contributed by atoms with Crippen molar-refractivity contribution >= 4 is 21.5 Å². The van der Waals surface area contributed by atoms with Crippen molar-refractivity contribution in [3.05, 3.63) is 68.7 Å². The lowest BCUT2D eigenvalue weighted by Gasteiger charge is -2.21. The summed E-state index contributed by atoms with van der Waals surface area (Å²) in [6.45, 7) is 3.97. The van der Waals surface area contributed by atoms with E-state index in [-0.39, 0.29) is 0 Å². The molecule has 0 bridgehead atoms. The molecule has 120 valence electrons. The highest BCUT2D eigenvalue weighted by molar-refractivity contribution is 9.10. The van der Waals surface area contributed by atoms with E-state index in [0.29, 0.717) is 5.75 Å². The molecule has 2 heteroatoms. The van der Waals surface area contributed by atoms with Gasteiger partial charge in [0.25, 0.3) is 0 Å². The lowest BCUT2D eigenvalue weighted by Crippen LogP contribution is -2.01. The minimum atomic E-state index is 0.414. The Morgan fingerprint density at radius 1 is 0.870 bits per heavy atom. The van der Waals surface area contributed by atoms with Gasteiger partial charge in [-0.1, -0.05) is 40.1 Å².